The molecule has 124 valence electrons. The normalized spacial score (nSPS) is 23.3. The number of thiazole rings is 1. The number of carbonyl (C=O) groups excluding carboxylic acids is 1. The van der Waals surface area contributed by atoms with Crippen molar-refractivity contribution in [2.75, 3.05) is 33.8 Å². The second kappa shape index (κ2) is 7.53. The van der Waals surface area contributed by atoms with E-state index in [1.54, 1.807) is 0 Å². The molecule has 0 unspecified atom stereocenters. The second-order valence-corrected chi connectivity index (χ2v) is 6.97. The van der Waals surface area contributed by atoms with Gasteiger partial charge < -0.3 is 14.5 Å². The van der Waals surface area contributed by atoms with E-state index in [9.17, 15) is 4.79 Å². The monoisotopic (exact) mass is 325 g/mol. The minimum Gasteiger partial charge on any atom is -0.372 e. The maximum absolute atomic E-state index is 12.7. The van der Waals surface area contributed by atoms with Crippen LogP contribution in [0.2, 0.25) is 0 Å². The van der Waals surface area contributed by atoms with Crippen molar-refractivity contribution in [3.8, 4) is 0 Å². The number of ether oxygens (including phenoxy) is 1. The Bertz CT molecular complexity index is 503. The van der Waals surface area contributed by atoms with Crippen molar-refractivity contribution in [1.82, 2.24) is 14.8 Å². The number of aromatic nitrogens is 1. The SMILES string of the molecule is CCO[C@H](C)c1nc(C(=O)N2C[C@H](CC)[C@@H](N(C)C)C2)cs1. The Hall–Kier alpha value is -0.980. The zero-order valence-electron chi connectivity index (χ0n) is 14.2. The standard InChI is InChI=1S/C16H27N3O2S/c1-6-12-8-19(9-14(12)18(4)5)16(20)13-10-22-15(17-13)11(3)21-7-2/h10-12,14H,6-9H2,1-5H3/t11-,12+,14+/m1/s1. The minimum absolute atomic E-state index is 0.0481. The van der Waals surface area contributed by atoms with Gasteiger partial charge in [0.15, 0.2) is 0 Å². The molecule has 0 saturated carbocycles. The Morgan fingerprint density at radius 2 is 2.23 bits per heavy atom. The Labute approximate surface area is 137 Å². The van der Waals surface area contributed by atoms with Crippen LogP contribution in [0.1, 0.15) is 48.8 Å². The van der Waals surface area contributed by atoms with Gasteiger partial charge in [0, 0.05) is 31.1 Å². The van der Waals surface area contributed by atoms with Crippen LogP contribution < -0.4 is 0 Å². The molecule has 0 bridgehead atoms. The topological polar surface area (TPSA) is 45.7 Å². The zero-order chi connectivity index (χ0) is 16.3. The summed E-state index contributed by atoms with van der Waals surface area (Å²) < 4.78 is 5.55. The lowest BCUT2D eigenvalue weighted by molar-refractivity contribution is 0.0743. The van der Waals surface area contributed by atoms with Crippen LogP contribution in [0.5, 0.6) is 0 Å². The van der Waals surface area contributed by atoms with Crippen LogP contribution >= 0.6 is 11.3 Å². The van der Waals surface area contributed by atoms with Crippen molar-refractivity contribution in [3.05, 3.63) is 16.1 Å². The van der Waals surface area contributed by atoms with Gasteiger partial charge in [0.05, 0.1) is 0 Å². The fourth-order valence-electron chi connectivity index (χ4n) is 3.06. The molecule has 3 atom stereocenters. The fourth-order valence-corrected chi connectivity index (χ4v) is 3.86. The molecule has 2 rings (SSSR count). The maximum Gasteiger partial charge on any atom is 0.273 e. The molecule has 22 heavy (non-hydrogen) atoms. The van der Waals surface area contributed by atoms with Crippen LogP contribution in [0.3, 0.4) is 0 Å². The molecule has 6 heteroatoms. The van der Waals surface area contributed by atoms with Gasteiger partial charge in [0.1, 0.15) is 16.8 Å². The molecule has 5 nitrogen and oxygen atoms in total. The summed E-state index contributed by atoms with van der Waals surface area (Å²) >= 11 is 1.50. The predicted molar refractivity (Wildman–Crippen MR) is 89.3 cm³/mol. The van der Waals surface area contributed by atoms with Crippen LogP contribution in [0.4, 0.5) is 0 Å². The maximum atomic E-state index is 12.7. The van der Waals surface area contributed by atoms with Crippen molar-refractivity contribution < 1.29 is 9.53 Å². The summed E-state index contributed by atoms with van der Waals surface area (Å²) in [5, 5.41) is 2.73. The van der Waals surface area contributed by atoms with E-state index >= 15 is 0 Å². The quantitative estimate of drug-likeness (QED) is 0.807. The van der Waals surface area contributed by atoms with Gasteiger partial charge in [-0.25, -0.2) is 4.98 Å². The highest BCUT2D eigenvalue weighted by Gasteiger charge is 2.36. The van der Waals surface area contributed by atoms with E-state index in [0.29, 0.717) is 24.3 Å². The molecule has 0 N–H and O–H groups in total. The molecule has 1 aliphatic heterocycles. The van der Waals surface area contributed by atoms with Gasteiger partial charge in [-0.2, -0.15) is 0 Å². The van der Waals surface area contributed by atoms with E-state index in [-0.39, 0.29) is 12.0 Å². The van der Waals surface area contributed by atoms with Crippen molar-refractivity contribution in [3.63, 3.8) is 0 Å². The number of hydrogen-bond donors (Lipinski definition) is 0. The molecule has 1 aromatic rings. The highest BCUT2D eigenvalue weighted by atomic mass is 32.1. The molecular formula is C16H27N3O2S. The van der Waals surface area contributed by atoms with E-state index in [4.69, 9.17) is 4.74 Å². The summed E-state index contributed by atoms with van der Waals surface area (Å²) in [4.78, 5) is 21.3. The Morgan fingerprint density at radius 3 is 2.77 bits per heavy atom. The van der Waals surface area contributed by atoms with Crippen molar-refractivity contribution >= 4 is 17.2 Å². The zero-order valence-corrected chi connectivity index (χ0v) is 15.0. The molecule has 1 amide bonds. The third kappa shape index (κ3) is 3.67. The van der Waals surface area contributed by atoms with E-state index in [1.165, 1.54) is 11.3 Å². The largest absolute Gasteiger partial charge is 0.372 e. The van der Waals surface area contributed by atoms with Gasteiger partial charge in [-0.05, 0) is 33.9 Å². The Balaban J connectivity index is 2.06. The van der Waals surface area contributed by atoms with Crippen LogP contribution in [-0.4, -0.2) is 60.5 Å². The van der Waals surface area contributed by atoms with Gasteiger partial charge in [-0.3, -0.25) is 4.79 Å². The van der Waals surface area contributed by atoms with Crippen molar-refractivity contribution in [2.24, 2.45) is 5.92 Å². The van der Waals surface area contributed by atoms with Gasteiger partial charge in [0.2, 0.25) is 0 Å². The first-order chi connectivity index (χ1) is 10.5. The van der Waals surface area contributed by atoms with Gasteiger partial charge in [0.25, 0.3) is 5.91 Å². The van der Waals surface area contributed by atoms with E-state index in [1.807, 2.05) is 24.1 Å². The Morgan fingerprint density at radius 1 is 1.50 bits per heavy atom. The molecule has 1 saturated heterocycles. The molecule has 0 aromatic carbocycles. The molecule has 0 spiro atoms. The summed E-state index contributed by atoms with van der Waals surface area (Å²) in [6, 6.07) is 0.439. The number of amides is 1. The molecule has 0 aliphatic carbocycles. The number of rotatable bonds is 6. The number of nitrogens with zero attached hydrogens (tertiary/aromatic N) is 3. The first-order valence-electron chi connectivity index (χ1n) is 8.00. The van der Waals surface area contributed by atoms with Crippen LogP contribution in [0, 0.1) is 5.92 Å². The molecule has 1 aromatic heterocycles. The minimum atomic E-state index is -0.0481. The number of likely N-dealkylation sites (tertiary alicyclic amines) is 1. The lowest BCUT2D eigenvalue weighted by Crippen LogP contribution is -2.36. The number of hydrogen-bond acceptors (Lipinski definition) is 5. The first-order valence-corrected chi connectivity index (χ1v) is 8.88. The van der Waals surface area contributed by atoms with E-state index in [0.717, 1.165) is 24.5 Å². The lowest BCUT2D eigenvalue weighted by atomic mass is 10.0. The fraction of sp³-hybridized carbons (Fsp3) is 0.750. The molecular weight excluding hydrogens is 298 g/mol. The molecule has 1 fully saturated rings. The van der Waals surface area contributed by atoms with Crippen LogP contribution in [0.15, 0.2) is 5.38 Å². The summed E-state index contributed by atoms with van der Waals surface area (Å²) in [6.45, 7) is 8.40. The number of carbonyl (C=O) groups is 1. The second-order valence-electron chi connectivity index (χ2n) is 6.08. The van der Waals surface area contributed by atoms with Gasteiger partial charge >= 0.3 is 0 Å². The van der Waals surface area contributed by atoms with Crippen LogP contribution in [0.25, 0.3) is 0 Å². The van der Waals surface area contributed by atoms with Gasteiger partial charge in [-0.1, -0.05) is 13.3 Å². The summed E-state index contributed by atoms with van der Waals surface area (Å²) in [6.07, 6.45) is 1.05. The molecule has 0 radical (unpaired) electrons. The molecule has 2 heterocycles. The summed E-state index contributed by atoms with van der Waals surface area (Å²) in [5.74, 6) is 0.591. The predicted octanol–water partition coefficient (Wildman–Crippen LogP) is 2.65. The lowest BCUT2D eigenvalue weighted by Gasteiger charge is -2.23. The van der Waals surface area contributed by atoms with Crippen LogP contribution in [-0.2, 0) is 4.74 Å². The summed E-state index contributed by atoms with van der Waals surface area (Å²) in [7, 11) is 4.18. The average molecular weight is 325 g/mol. The average Bonchev–Trinajstić information content (AvgIpc) is 3.13. The van der Waals surface area contributed by atoms with Crippen molar-refractivity contribution in [1.29, 1.82) is 0 Å². The highest BCUT2D eigenvalue weighted by Crippen LogP contribution is 2.26. The first kappa shape index (κ1) is 17.4. The van der Waals surface area contributed by atoms with E-state index in [2.05, 4.69) is 30.9 Å². The third-order valence-electron chi connectivity index (χ3n) is 4.39. The third-order valence-corrected chi connectivity index (χ3v) is 5.39. The smallest absolute Gasteiger partial charge is 0.273 e. The Kier molecular flexibility index (Phi) is 5.94. The van der Waals surface area contributed by atoms with Gasteiger partial charge in [-0.15, -0.1) is 11.3 Å². The number of likely N-dealkylation sites (N-methyl/N-ethyl adjacent to an activating group) is 1. The summed E-state index contributed by atoms with van der Waals surface area (Å²) in [5.41, 5.74) is 0.556. The molecule has 1 aliphatic rings. The van der Waals surface area contributed by atoms with E-state index < -0.39 is 0 Å². The highest BCUT2D eigenvalue weighted by molar-refractivity contribution is 7.09. The van der Waals surface area contributed by atoms with Crippen molar-refractivity contribution in [2.45, 2.75) is 39.3 Å².